The molecule has 1 atom stereocenters. The predicted octanol–water partition coefficient (Wildman–Crippen LogP) is 4.27. The Kier molecular flexibility index (Phi) is 6.96. The van der Waals surface area contributed by atoms with Crippen LogP contribution in [0.4, 0.5) is 18.0 Å². The average Bonchev–Trinajstić information content (AvgIpc) is 2.99. The lowest BCUT2D eigenvalue weighted by molar-refractivity contribution is -0.139. The Balaban J connectivity index is 1.78. The van der Waals surface area contributed by atoms with E-state index in [1.54, 1.807) is 25.7 Å². The van der Waals surface area contributed by atoms with E-state index in [-0.39, 0.29) is 23.8 Å². The minimum absolute atomic E-state index is 0.0827. The van der Waals surface area contributed by atoms with Gasteiger partial charge in [-0.05, 0) is 49.2 Å². The summed E-state index contributed by atoms with van der Waals surface area (Å²) in [7, 11) is 0. The Hall–Kier alpha value is -1.55. The Labute approximate surface area is 164 Å². The summed E-state index contributed by atoms with van der Waals surface area (Å²) in [6.45, 7) is 6.25. The molecule has 1 saturated heterocycles. The fourth-order valence-electron chi connectivity index (χ4n) is 2.45. The number of carbonyl (C=O) groups excluding carboxylic acids is 1. The van der Waals surface area contributed by atoms with E-state index in [0.29, 0.717) is 19.5 Å². The zero-order valence-corrected chi connectivity index (χ0v) is 16.9. The van der Waals surface area contributed by atoms with Gasteiger partial charge in [-0.2, -0.15) is 13.2 Å². The van der Waals surface area contributed by atoms with Crippen LogP contribution in [0.2, 0.25) is 0 Å². The van der Waals surface area contributed by atoms with E-state index < -0.39 is 29.3 Å². The number of alkyl halides is 3. The lowest BCUT2D eigenvalue weighted by Crippen LogP contribution is -2.36. The largest absolute Gasteiger partial charge is 0.475 e. The first-order chi connectivity index (χ1) is 12.5. The van der Waals surface area contributed by atoms with Crippen LogP contribution >= 0.6 is 15.9 Å². The van der Waals surface area contributed by atoms with Gasteiger partial charge in [0.15, 0.2) is 0 Å². The third-order valence-corrected chi connectivity index (χ3v) is 4.03. The first kappa shape index (κ1) is 21.7. The van der Waals surface area contributed by atoms with Gasteiger partial charge in [-0.1, -0.05) is 0 Å². The quantitative estimate of drug-likeness (QED) is 0.621. The Morgan fingerprint density at radius 2 is 2.04 bits per heavy atom. The molecule has 27 heavy (non-hydrogen) atoms. The molecule has 152 valence electrons. The highest BCUT2D eigenvalue weighted by molar-refractivity contribution is 9.10. The van der Waals surface area contributed by atoms with Crippen molar-refractivity contribution >= 4 is 22.0 Å². The number of aromatic nitrogens is 1. The van der Waals surface area contributed by atoms with Crippen LogP contribution in [0.5, 0.6) is 5.88 Å². The fraction of sp³-hybridized carbons (Fsp3) is 0.647. The highest BCUT2D eigenvalue weighted by atomic mass is 79.9. The van der Waals surface area contributed by atoms with E-state index in [1.807, 2.05) is 0 Å². The first-order valence-corrected chi connectivity index (χ1v) is 9.20. The van der Waals surface area contributed by atoms with Crippen LogP contribution < -0.4 is 4.74 Å². The molecule has 10 heteroatoms. The zero-order valence-electron chi connectivity index (χ0n) is 15.3. The summed E-state index contributed by atoms with van der Waals surface area (Å²) in [4.78, 5) is 17.2. The van der Waals surface area contributed by atoms with E-state index in [1.165, 1.54) is 6.20 Å². The second-order valence-electron chi connectivity index (χ2n) is 7.06. The molecule has 2 rings (SSSR count). The third-order valence-electron chi connectivity index (χ3n) is 3.60. The van der Waals surface area contributed by atoms with Crippen molar-refractivity contribution in [1.29, 1.82) is 0 Å². The molecule has 0 bridgehead atoms. The highest BCUT2D eigenvalue weighted by Crippen LogP contribution is 2.36. The molecule has 1 aromatic heterocycles. The molecule has 0 unspecified atom stereocenters. The smallest absolute Gasteiger partial charge is 0.421 e. The second kappa shape index (κ2) is 8.64. The van der Waals surface area contributed by atoms with Gasteiger partial charge in [0, 0.05) is 17.2 Å². The summed E-state index contributed by atoms with van der Waals surface area (Å²) in [5.74, 6) is -0.490. The molecule has 1 fully saturated rings. The molecule has 1 aliphatic rings. The summed E-state index contributed by atoms with van der Waals surface area (Å²) < 4.78 is 55.2. The van der Waals surface area contributed by atoms with Crippen molar-refractivity contribution in [1.82, 2.24) is 9.88 Å². The van der Waals surface area contributed by atoms with Gasteiger partial charge in [0.25, 0.3) is 0 Å². The summed E-state index contributed by atoms with van der Waals surface area (Å²) in [6.07, 6.45) is -3.31. The topological polar surface area (TPSA) is 60.9 Å². The molecule has 1 amide bonds. The Bertz CT molecular complexity index is 665. The Morgan fingerprint density at radius 1 is 1.33 bits per heavy atom. The zero-order chi connectivity index (χ0) is 20.2. The maximum absolute atomic E-state index is 13.0. The molecule has 1 aliphatic heterocycles. The van der Waals surface area contributed by atoms with Crippen molar-refractivity contribution in [3.63, 3.8) is 0 Å². The van der Waals surface area contributed by atoms with Gasteiger partial charge in [0.05, 0.1) is 19.3 Å². The second-order valence-corrected chi connectivity index (χ2v) is 7.98. The molecule has 1 aromatic rings. The van der Waals surface area contributed by atoms with Gasteiger partial charge in [-0.25, -0.2) is 9.78 Å². The van der Waals surface area contributed by atoms with Crippen molar-refractivity contribution in [3.05, 3.63) is 22.3 Å². The van der Waals surface area contributed by atoms with Crippen LogP contribution in [-0.4, -0.2) is 54.0 Å². The third kappa shape index (κ3) is 6.84. The summed E-state index contributed by atoms with van der Waals surface area (Å²) in [5.41, 5.74) is -1.52. The number of ether oxygens (including phenoxy) is 3. The number of likely N-dealkylation sites (tertiary alicyclic amines) is 1. The van der Waals surface area contributed by atoms with E-state index in [0.717, 1.165) is 6.07 Å². The van der Waals surface area contributed by atoms with Crippen LogP contribution in [-0.2, 0) is 15.7 Å². The summed E-state index contributed by atoms with van der Waals surface area (Å²) in [6, 6.07) is 0.916. The number of halogens is 4. The minimum atomic E-state index is -4.56. The molecule has 0 aliphatic carbocycles. The van der Waals surface area contributed by atoms with Crippen LogP contribution in [0.1, 0.15) is 32.8 Å². The van der Waals surface area contributed by atoms with Crippen LogP contribution in [0.15, 0.2) is 16.7 Å². The number of hydrogen-bond acceptors (Lipinski definition) is 5. The van der Waals surface area contributed by atoms with E-state index in [9.17, 15) is 18.0 Å². The number of carbonyl (C=O) groups is 1. The van der Waals surface area contributed by atoms with Gasteiger partial charge in [0.2, 0.25) is 5.88 Å². The molecule has 0 N–H and O–H groups in total. The summed E-state index contributed by atoms with van der Waals surface area (Å²) >= 11 is 2.97. The number of rotatable bonds is 5. The van der Waals surface area contributed by atoms with Gasteiger partial charge in [-0.15, -0.1) is 0 Å². The maximum atomic E-state index is 13.0. The van der Waals surface area contributed by atoms with E-state index >= 15 is 0 Å². The normalized spacial score (nSPS) is 17.9. The monoisotopic (exact) mass is 454 g/mol. The lowest BCUT2D eigenvalue weighted by Gasteiger charge is -2.24. The van der Waals surface area contributed by atoms with Crippen molar-refractivity contribution < 1.29 is 32.2 Å². The lowest BCUT2D eigenvalue weighted by atomic mass is 10.2. The first-order valence-electron chi connectivity index (χ1n) is 8.41. The Morgan fingerprint density at radius 3 is 2.67 bits per heavy atom. The predicted molar refractivity (Wildman–Crippen MR) is 94.6 cm³/mol. The van der Waals surface area contributed by atoms with E-state index in [2.05, 4.69) is 20.9 Å². The van der Waals surface area contributed by atoms with Crippen molar-refractivity contribution in [2.75, 3.05) is 26.3 Å². The molecule has 0 spiro atoms. The minimum Gasteiger partial charge on any atom is -0.475 e. The summed E-state index contributed by atoms with van der Waals surface area (Å²) in [5, 5.41) is 0. The van der Waals surface area contributed by atoms with Gasteiger partial charge in [0.1, 0.15) is 17.8 Å². The highest BCUT2D eigenvalue weighted by Gasteiger charge is 2.36. The van der Waals surface area contributed by atoms with Crippen molar-refractivity contribution in [2.45, 2.75) is 45.1 Å². The molecule has 0 aromatic carbocycles. The molecular formula is C17H22BrF3N2O4. The molecule has 0 radical (unpaired) electrons. The van der Waals surface area contributed by atoms with Crippen LogP contribution in [0.3, 0.4) is 0 Å². The van der Waals surface area contributed by atoms with Crippen LogP contribution in [0, 0.1) is 0 Å². The van der Waals surface area contributed by atoms with E-state index in [4.69, 9.17) is 14.2 Å². The standard InChI is InChI=1S/C17H22BrF3N2O4/c1-16(2,3)27-15(24)23-5-4-12(10-23)25-6-7-26-14-13(17(19,20)21)8-11(18)9-22-14/h8-9,12H,4-7,10H2,1-3H3/t12-/m0/s1. The SMILES string of the molecule is CC(C)(C)OC(=O)N1CC[C@H](OCCOc2ncc(Br)cc2C(F)(F)F)C1. The van der Waals surface area contributed by atoms with Crippen LogP contribution in [0.25, 0.3) is 0 Å². The number of amides is 1. The maximum Gasteiger partial charge on any atom is 0.421 e. The molecule has 6 nitrogen and oxygen atoms in total. The van der Waals surface area contributed by atoms with Gasteiger partial charge in [-0.3, -0.25) is 0 Å². The molecular weight excluding hydrogens is 433 g/mol. The average molecular weight is 455 g/mol. The number of nitrogens with zero attached hydrogens (tertiary/aromatic N) is 2. The number of pyridine rings is 1. The molecule has 0 saturated carbocycles. The number of hydrogen-bond donors (Lipinski definition) is 0. The van der Waals surface area contributed by atoms with Gasteiger partial charge >= 0.3 is 12.3 Å². The molecule has 2 heterocycles. The fourth-order valence-corrected chi connectivity index (χ4v) is 2.79. The van der Waals surface area contributed by atoms with Gasteiger partial charge < -0.3 is 19.1 Å². The van der Waals surface area contributed by atoms with Crippen molar-refractivity contribution in [3.8, 4) is 5.88 Å². The van der Waals surface area contributed by atoms with Crippen molar-refractivity contribution in [2.24, 2.45) is 0 Å².